The zero-order chi connectivity index (χ0) is 8.48. The van der Waals surface area contributed by atoms with Crippen LogP contribution in [0.15, 0.2) is 24.0 Å². The van der Waals surface area contributed by atoms with Crippen molar-refractivity contribution in [3.8, 4) is 0 Å². The Kier molecular flexibility index (Phi) is 1.76. The molecule has 1 rings (SSSR count). The van der Waals surface area contributed by atoms with Crippen molar-refractivity contribution in [2.24, 2.45) is 0 Å². The minimum absolute atomic E-state index is 0.0742. The Morgan fingerprint density at radius 1 is 1.36 bits per heavy atom. The van der Waals surface area contributed by atoms with Crippen molar-refractivity contribution in [1.29, 1.82) is 0 Å². The average molecular weight is 168 g/mol. The number of hydrazine groups is 1. The van der Waals surface area contributed by atoms with E-state index in [1.165, 1.54) is 0 Å². The Morgan fingerprint density at radius 2 is 2.00 bits per heavy atom. The van der Waals surface area contributed by atoms with Gasteiger partial charge < -0.3 is 0 Å². The van der Waals surface area contributed by atoms with Gasteiger partial charge in [0.1, 0.15) is 0 Å². The van der Waals surface area contributed by atoms with Crippen molar-refractivity contribution in [3.63, 3.8) is 0 Å². The minimum Gasteiger partial charge on any atom is -0.278 e. The summed E-state index contributed by atoms with van der Waals surface area (Å²) >= 11 is 0. The Morgan fingerprint density at radius 3 is 2.36 bits per heavy atom. The molecule has 0 aromatic rings. The zero-order valence-corrected chi connectivity index (χ0v) is 5.19. The minimum atomic E-state index is -4.43. The van der Waals surface area contributed by atoms with Gasteiger partial charge in [0, 0.05) is 6.20 Å². The van der Waals surface area contributed by atoms with E-state index in [4.69, 9.17) is 0 Å². The van der Waals surface area contributed by atoms with Gasteiger partial charge in [0.25, 0.3) is 0 Å². The highest BCUT2D eigenvalue weighted by Crippen LogP contribution is 2.27. The number of rotatable bonds is 0. The molecule has 0 amide bonds. The van der Waals surface area contributed by atoms with Crippen LogP contribution in [0.5, 0.6) is 0 Å². The first kappa shape index (κ1) is 7.90. The fourth-order valence-corrected chi connectivity index (χ4v) is 0.544. The average Bonchev–Trinajstić information content (AvgIpc) is 1.86. The van der Waals surface area contributed by atoms with Crippen LogP contribution in [-0.2, 0) is 0 Å². The molecule has 1 aliphatic heterocycles. The van der Waals surface area contributed by atoms with Crippen LogP contribution in [0.2, 0.25) is 0 Å². The molecular formula is C5H4F4N2. The molecule has 0 aromatic heterocycles. The van der Waals surface area contributed by atoms with Gasteiger partial charge in [-0.05, 0) is 6.08 Å². The van der Waals surface area contributed by atoms with Gasteiger partial charge in [-0.3, -0.25) is 5.43 Å². The smallest absolute Gasteiger partial charge is 0.278 e. The van der Waals surface area contributed by atoms with Crippen LogP contribution in [-0.4, -0.2) is 11.4 Å². The van der Waals surface area contributed by atoms with Crippen LogP contribution in [0.1, 0.15) is 0 Å². The predicted octanol–water partition coefficient (Wildman–Crippen LogP) is 1.65. The van der Waals surface area contributed by atoms with Crippen molar-refractivity contribution < 1.29 is 17.7 Å². The summed E-state index contributed by atoms with van der Waals surface area (Å²) in [6.07, 6.45) is -2.61. The molecule has 6 heteroatoms. The molecule has 1 N–H and O–H groups in total. The Hall–Kier alpha value is -1.20. The summed E-state index contributed by atoms with van der Waals surface area (Å²) in [7, 11) is 0. The maximum atomic E-state index is 12.0. The molecule has 0 atom stereocenters. The van der Waals surface area contributed by atoms with E-state index in [0.717, 1.165) is 0 Å². The molecule has 0 saturated heterocycles. The monoisotopic (exact) mass is 168 g/mol. The second kappa shape index (κ2) is 2.44. The van der Waals surface area contributed by atoms with Gasteiger partial charge in [-0.1, -0.05) is 4.48 Å². The van der Waals surface area contributed by atoms with Crippen LogP contribution >= 0.6 is 0 Å². The molecule has 0 spiro atoms. The molecule has 0 fully saturated rings. The molecule has 0 bridgehead atoms. The van der Waals surface area contributed by atoms with Crippen LogP contribution in [0.4, 0.5) is 17.7 Å². The van der Waals surface area contributed by atoms with E-state index in [1.807, 2.05) is 0 Å². The third-order valence-electron chi connectivity index (χ3n) is 1.06. The Bertz CT molecular complexity index is 205. The van der Waals surface area contributed by atoms with Gasteiger partial charge in [0.05, 0.1) is 11.8 Å². The fraction of sp³-hybridized carbons (Fsp3) is 0.200. The van der Waals surface area contributed by atoms with Crippen molar-refractivity contribution in [2.45, 2.75) is 6.18 Å². The summed E-state index contributed by atoms with van der Waals surface area (Å²) in [5.74, 6) is 0. The summed E-state index contributed by atoms with van der Waals surface area (Å²) in [4.78, 5) is 0. The van der Waals surface area contributed by atoms with Crippen LogP contribution < -0.4 is 5.43 Å². The van der Waals surface area contributed by atoms with Gasteiger partial charge in [0.15, 0.2) is 0 Å². The summed E-state index contributed by atoms with van der Waals surface area (Å²) in [6, 6.07) is 0. The number of hydrogen-bond acceptors (Lipinski definition) is 2. The molecule has 1 heterocycles. The summed E-state index contributed by atoms with van der Waals surface area (Å²) in [6.45, 7) is 0. The lowest BCUT2D eigenvalue weighted by atomic mass is 10.2. The number of halogens is 4. The number of nitrogens with one attached hydrogen (secondary N) is 1. The summed E-state index contributed by atoms with van der Waals surface area (Å²) < 4.78 is 47.3. The molecule has 2 nitrogen and oxygen atoms in total. The molecule has 0 saturated carbocycles. The standard InChI is InChI=1S/C5H4F4N2/c6-5(7,8)4-1-2-11(9)10-3-4/h1-3,10H. The van der Waals surface area contributed by atoms with Crippen LogP contribution in [0, 0.1) is 0 Å². The largest absolute Gasteiger partial charge is 0.417 e. The van der Waals surface area contributed by atoms with E-state index < -0.39 is 11.7 Å². The number of alkyl halides is 3. The maximum absolute atomic E-state index is 12.0. The van der Waals surface area contributed by atoms with Crippen molar-refractivity contribution in [2.75, 3.05) is 0 Å². The first-order valence-electron chi connectivity index (χ1n) is 2.67. The first-order valence-corrected chi connectivity index (χ1v) is 2.67. The van der Waals surface area contributed by atoms with E-state index in [-0.39, 0.29) is 5.23 Å². The zero-order valence-electron chi connectivity index (χ0n) is 5.19. The quantitative estimate of drug-likeness (QED) is 0.437. The number of nitrogens with zero attached hydrogens (tertiary/aromatic N) is 1. The second-order valence-electron chi connectivity index (χ2n) is 1.85. The van der Waals surface area contributed by atoms with E-state index in [1.54, 1.807) is 5.43 Å². The third-order valence-corrected chi connectivity index (χ3v) is 1.06. The maximum Gasteiger partial charge on any atom is 0.417 e. The van der Waals surface area contributed by atoms with E-state index in [2.05, 4.69) is 0 Å². The predicted molar refractivity (Wildman–Crippen MR) is 29.4 cm³/mol. The van der Waals surface area contributed by atoms with Gasteiger partial charge >= 0.3 is 6.18 Å². The lowest BCUT2D eigenvalue weighted by Crippen LogP contribution is -2.26. The van der Waals surface area contributed by atoms with Crippen molar-refractivity contribution in [1.82, 2.24) is 10.7 Å². The second-order valence-corrected chi connectivity index (χ2v) is 1.85. The molecule has 62 valence electrons. The summed E-state index contributed by atoms with van der Waals surface area (Å²) in [5.41, 5.74) is 0.826. The normalized spacial score (nSPS) is 17.8. The van der Waals surface area contributed by atoms with E-state index in [9.17, 15) is 17.7 Å². The Balaban J connectivity index is 2.71. The molecule has 1 aliphatic rings. The van der Waals surface area contributed by atoms with Gasteiger partial charge in [-0.2, -0.15) is 13.2 Å². The Labute approximate surface area is 59.7 Å². The van der Waals surface area contributed by atoms with Crippen LogP contribution in [0.25, 0.3) is 0 Å². The lowest BCUT2D eigenvalue weighted by Gasteiger charge is -2.15. The van der Waals surface area contributed by atoms with Gasteiger partial charge in [-0.25, -0.2) is 0 Å². The van der Waals surface area contributed by atoms with Gasteiger partial charge in [-0.15, -0.1) is 5.23 Å². The highest BCUT2D eigenvalue weighted by molar-refractivity contribution is 5.24. The summed E-state index contributed by atoms with van der Waals surface area (Å²) in [5, 5.41) is -0.0742. The van der Waals surface area contributed by atoms with Crippen molar-refractivity contribution >= 4 is 0 Å². The highest BCUT2D eigenvalue weighted by atomic mass is 19.4. The SMILES string of the molecule is FN1C=CC(C(F)(F)F)=CN1. The fourth-order valence-electron chi connectivity index (χ4n) is 0.544. The van der Waals surface area contributed by atoms with Gasteiger partial charge in [0.2, 0.25) is 0 Å². The van der Waals surface area contributed by atoms with Crippen molar-refractivity contribution in [3.05, 3.63) is 24.0 Å². The molecule has 0 radical (unpaired) electrons. The molecule has 11 heavy (non-hydrogen) atoms. The number of allylic oxidation sites excluding steroid dienone is 2. The van der Waals surface area contributed by atoms with Crippen LogP contribution in [0.3, 0.4) is 0 Å². The molecule has 0 unspecified atom stereocenters. The third kappa shape index (κ3) is 1.86. The highest BCUT2D eigenvalue weighted by Gasteiger charge is 2.33. The topological polar surface area (TPSA) is 15.3 Å². The first-order chi connectivity index (χ1) is 5.00. The molecular weight excluding hydrogens is 164 g/mol. The van der Waals surface area contributed by atoms with E-state index >= 15 is 0 Å². The number of hydrogen-bond donors (Lipinski definition) is 1. The lowest BCUT2D eigenvalue weighted by molar-refractivity contribution is -0.0907. The molecule has 0 aromatic carbocycles. The van der Waals surface area contributed by atoms with E-state index in [0.29, 0.717) is 18.5 Å². The molecule has 0 aliphatic carbocycles.